The van der Waals surface area contributed by atoms with Crippen molar-refractivity contribution in [1.82, 2.24) is 20.4 Å². The summed E-state index contributed by atoms with van der Waals surface area (Å²) in [7, 11) is 1.79. The normalized spacial score (nSPS) is 17.3. The van der Waals surface area contributed by atoms with E-state index in [1.165, 1.54) is 0 Å². The summed E-state index contributed by atoms with van der Waals surface area (Å²) in [5.41, 5.74) is 1.99. The van der Waals surface area contributed by atoms with Crippen LogP contribution in [0, 0.1) is 13.8 Å². The Morgan fingerprint density at radius 3 is 2.92 bits per heavy atom. The number of halogens is 1. The van der Waals surface area contributed by atoms with Crippen LogP contribution in [0.25, 0.3) is 0 Å². The lowest BCUT2D eigenvalue weighted by molar-refractivity contribution is 0.205. The predicted molar refractivity (Wildman–Crippen MR) is 106 cm³/mol. The second kappa shape index (κ2) is 9.02. The number of nitrogens with one attached hydrogen (secondary N) is 1. The van der Waals surface area contributed by atoms with E-state index in [2.05, 4.69) is 25.3 Å². The number of hydrogen-bond acceptors (Lipinski definition) is 5. The summed E-state index contributed by atoms with van der Waals surface area (Å²) in [6.45, 7) is 6.21. The van der Waals surface area contributed by atoms with Crippen molar-refractivity contribution in [2.75, 3.05) is 20.1 Å². The first kappa shape index (κ1) is 19.5. The molecule has 1 saturated heterocycles. The van der Waals surface area contributed by atoms with Gasteiger partial charge in [-0.15, -0.1) is 24.0 Å². The van der Waals surface area contributed by atoms with Gasteiger partial charge in [0.2, 0.25) is 5.88 Å². The van der Waals surface area contributed by atoms with E-state index in [1.54, 1.807) is 13.2 Å². The summed E-state index contributed by atoms with van der Waals surface area (Å²) in [5.74, 6) is 2.37. The van der Waals surface area contributed by atoms with Crippen molar-refractivity contribution in [2.24, 2.45) is 4.99 Å². The average Bonchev–Trinajstić information content (AvgIpc) is 3.17. The standard InChI is InChI=1S/C17H23N5O2.HI/c1-12-15(13(2)24-21-12)10-20-17(18-3)22-9-7-14(11-22)23-16-6-4-5-8-19-16;/h4-6,8,14H,7,9-11H2,1-3H3,(H,18,20);1H. The summed E-state index contributed by atoms with van der Waals surface area (Å²) in [6, 6.07) is 5.70. The van der Waals surface area contributed by atoms with Crippen LogP contribution in [0.15, 0.2) is 33.9 Å². The number of aryl methyl sites for hydroxylation is 2. The molecule has 3 heterocycles. The highest BCUT2D eigenvalue weighted by Crippen LogP contribution is 2.17. The number of aromatic nitrogens is 2. The maximum Gasteiger partial charge on any atom is 0.213 e. The molecular formula is C17H24IN5O2. The Hall–Kier alpha value is -1.84. The zero-order chi connectivity index (χ0) is 16.9. The smallest absolute Gasteiger partial charge is 0.213 e. The van der Waals surface area contributed by atoms with Gasteiger partial charge >= 0.3 is 0 Å². The van der Waals surface area contributed by atoms with E-state index in [9.17, 15) is 0 Å². The van der Waals surface area contributed by atoms with Crippen LogP contribution in [-0.2, 0) is 6.54 Å². The van der Waals surface area contributed by atoms with Crippen LogP contribution in [0.4, 0.5) is 0 Å². The summed E-state index contributed by atoms with van der Waals surface area (Å²) in [4.78, 5) is 10.8. The molecule has 0 aliphatic carbocycles. The van der Waals surface area contributed by atoms with Crippen LogP contribution in [0.5, 0.6) is 5.88 Å². The highest BCUT2D eigenvalue weighted by molar-refractivity contribution is 14.0. The van der Waals surface area contributed by atoms with Gasteiger partial charge in [0.05, 0.1) is 12.2 Å². The van der Waals surface area contributed by atoms with Gasteiger partial charge in [-0.25, -0.2) is 4.98 Å². The number of rotatable bonds is 4. The molecule has 1 atom stereocenters. The van der Waals surface area contributed by atoms with Crippen LogP contribution in [0.3, 0.4) is 0 Å². The third kappa shape index (κ3) is 4.83. The van der Waals surface area contributed by atoms with E-state index in [1.807, 2.05) is 32.0 Å². The minimum Gasteiger partial charge on any atom is -0.472 e. The molecule has 0 amide bonds. The van der Waals surface area contributed by atoms with Gasteiger partial charge in [-0.3, -0.25) is 4.99 Å². The van der Waals surface area contributed by atoms with Crippen LogP contribution in [0.2, 0.25) is 0 Å². The molecule has 0 radical (unpaired) electrons. The van der Waals surface area contributed by atoms with E-state index >= 15 is 0 Å². The molecule has 1 aliphatic heterocycles. The van der Waals surface area contributed by atoms with Gasteiger partial charge in [-0.05, 0) is 19.9 Å². The molecular weight excluding hydrogens is 433 g/mol. The lowest BCUT2D eigenvalue weighted by atomic mass is 10.2. The van der Waals surface area contributed by atoms with Crippen LogP contribution in [-0.4, -0.2) is 47.2 Å². The molecule has 0 bridgehead atoms. The molecule has 1 aliphatic rings. The van der Waals surface area contributed by atoms with E-state index < -0.39 is 0 Å². The fraction of sp³-hybridized carbons (Fsp3) is 0.471. The largest absolute Gasteiger partial charge is 0.472 e. The molecule has 1 unspecified atom stereocenters. The third-order valence-corrected chi connectivity index (χ3v) is 4.19. The fourth-order valence-electron chi connectivity index (χ4n) is 2.86. The second-order valence-electron chi connectivity index (χ2n) is 5.85. The number of pyridine rings is 1. The summed E-state index contributed by atoms with van der Waals surface area (Å²) >= 11 is 0. The first-order chi connectivity index (χ1) is 11.7. The quantitative estimate of drug-likeness (QED) is 0.432. The Bertz CT molecular complexity index is 685. The molecule has 7 nitrogen and oxygen atoms in total. The lowest BCUT2D eigenvalue weighted by Gasteiger charge is -2.21. The van der Waals surface area contributed by atoms with Gasteiger partial charge in [-0.1, -0.05) is 11.2 Å². The van der Waals surface area contributed by atoms with Crippen LogP contribution >= 0.6 is 24.0 Å². The molecule has 25 heavy (non-hydrogen) atoms. The molecule has 136 valence electrons. The van der Waals surface area contributed by atoms with E-state index in [0.29, 0.717) is 12.4 Å². The Morgan fingerprint density at radius 1 is 1.44 bits per heavy atom. The number of aliphatic imine (C=N–C) groups is 1. The van der Waals surface area contributed by atoms with Gasteiger partial charge in [0.25, 0.3) is 0 Å². The van der Waals surface area contributed by atoms with Crippen molar-refractivity contribution in [3.8, 4) is 5.88 Å². The van der Waals surface area contributed by atoms with Gasteiger partial charge in [0, 0.05) is 44.4 Å². The number of likely N-dealkylation sites (tertiary alicyclic amines) is 1. The predicted octanol–water partition coefficient (Wildman–Crippen LogP) is 2.53. The SMILES string of the molecule is CN=C(NCc1c(C)noc1C)N1CCC(Oc2ccccn2)C1.I. The van der Waals surface area contributed by atoms with Crippen LogP contribution < -0.4 is 10.1 Å². The Kier molecular flexibility index (Phi) is 7.03. The van der Waals surface area contributed by atoms with Gasteiger partial charge in [-0.2, -0.15) is 0 Å². The maximum absolute atomic E-state index is 5.93. The van der Waals surface area contributed by atoms with Crippen molar-refractivity contribution >= 4 is 29.9 Å². The molecule has 2 aromatic heterocycles. The van der Waals surface area contributed by atoms with Gasteiger partial charge in [0.15, 0.2) is 5.96 Å². The van der Waals surface area contributed by atoms with Crippen molar-refractivity contribution < 1.29 is 9.26 Å². The molecule has 1 fully saturated rings. The van der Waals surface area contributed by atoms with Gasteiger partial charge < -0.3 is 19.5 Å². The van der Waals surface area contributed by atoms with Crippen LogP contribution in [0.1, 0.15) is 23.4 Å². The zero-order valence-corrected chi connectivity index (χ0v) is 17.1. The number of ether oxygens (including phenoxy) is 1. The number of guanidine groups is 1. The molecule has 3 rings (SSSR count). The minimum absolute atomic E-state index is 0. The summed E-state index contributed by atoms with van der Waals surface area (Å²) < 4.78 is 11.1. The van der Waals surface area contributed by atoms with Crippen molar-refractivity contribution in [3.63, 3.8) is 0 Å². The topological polar surface area (TPSA) is 75.8 Å². The lowest BCUT2D eigenvalue weighted by Crippen LogP contribution is -2.40. The third-order valence-electron chi connectivity index (χ3n) is 4.19. The monoisotopic (exact) mass is 457 g/mol. The van der Waals surface area contributed by atoms with Crippen molar-refractivity contribution in [1.29, 1.82) is 0 Å². The molecule has 1 N–H and O–H groups in total. The molecule has 0 saturated carbocycles. The van der Waals surface area contributed by atoms with Gasteiger partial charge in [0.1, 0.15) is 11.9 Å². The first-order valence-electron chi connectivity index (χ1n) is 8.12. The molecule has 0 aromatic carbocycles. The Morgan fingerprint density at radius 2 is 2.28 bits per heavy atom. The minimum atomic E-state index is 0. The molecule has 8 heteroatoms. The van der Waals surface area contributed by atoms with E-state index in [4.69, 9.17) is 9.26 Å². The summed E-state index contributed by atoms with van der Waals surface area (Å²) in [6.07, 6.45) is 2.81. The highest BCUT2D eigenvalue weighted by atomic mass is 127. The Balaban J connectivity index is 0.00000225. The highest BCUT2D eigenvalue weighted by Gasteiger charge is 2.26. The zero-order valence-electron chi connectivity index (χ0n) is 14.7. The number of nitrogens with zero attached hydrogens (tertiary/aromatic N) is 4. The molecule has 2 aromatic rings. The number of hydrogen-bond donors (Lipinski definition) is 1. The fourth-order valence-corrected chi connectivity index (χ4v) is 2.86. The molecule has 0 spiro atoms. The first-order valence-corrected chi connectivity index (χ1v) is 8.12. The second-order valence-corrected chi connectivity index (χ2v) is 5.85. The Labute approximate surface area is 164 Å². The van der Waals surface area contributed by atoms with E-state index in [0.717, 1.165) is 42.5 Å². The van der Waals surface area contributed by atoms with Crippen molar-refractivity contribution in [3.05, 3.63) is 41.4 Å². The summed E-state index contributed by atoms with van der Waals surface area (Å²) in [5, 5.41) is 7.37. The van der Waals surface area contributed by atoms with E-state index in [-0.39, 0.29) is 30.1 Å². The average molecular weight is 457 g/mol. The van der Waals surface area contributed by atoms with Crippen molar-refractivity contribution in [2.45, 2.75) is 32.9 Å². The maximum atomic E-state index is 5.93.